The number of aromatic nitrogens is 2. The van der Waals surface area contributed by atoms with Crippen LogP contribution in [0, 0.1) is 19.7 Å². The topological polar surface area (TPSA) is 44.0 Å². The van der Waals surface area contributed by atoms with Crippen LogP contribution in [0.25, 0.3) is 15.9 Å². The van der Waals surface area contributed by atoms with E-state index in [1.165, 1.54) is 40.2 Å². The fourth-order valence-electron chi connectivity index (χ4n) is 3.27. The molecule has 2 heterocycles. The Balaban J connectivity index is 2.07. The monoisotopic (exact) mass is 448 g/mol. The lowest BCUT2D eigenvalue weighted by atomic mass is 10.2. The van der Waals surface area contributed by atoms with Crippen molar-refractivity contribution in [1.29, 1.82) is 0 Å². The molecule has 0 radical (unpaired) electrons. The summed E-state index contributed by atoms with van der Waals surface area (Å²) < 4.78 is 16.3. The minimum absolute atomic E-state index is 0.133. The predicted molar refractivity (Wildman–Crippen MR) is 117 cm³/mol. The third kappa shape index (κ3) is 3.41. The molecule has 0 aliphatic heterocycles. The van der Waals surface area contributed by atoms with E-state index in [0.29, 0.717) is 26.5 Å². The Labute approximate surface area is 179 Å². The summed E-state index contributed by atoms with van der Waals surface area (Å²) in [5.74, 6) is -0.386. The number of hydrogen-bond acceptors (Lipinski definition) is 3. The molecule has 4 aromatic rings. The molecule has 0 fully saturated rings. The van der Waals surface area contributed by atoms with Crippen LogP contribution >= 0.6 is 34.5 Å². The molecule has 4 rings (SSSR count). The second-order valence-corrected chi connectivity index (χ2v) is 8.72. The lowest BCUT2D eigenvalue weighted by molar-refractivity contribution is 0.622. The smallest absolute Gasteiger partial charge is 0.279 e. The lowest BCUT2D eigenvalue weighted by Gasteiger charge is -2.13. The van der Waals surface area contributed by atoms with Gasteiger partial charge in [0.25, 0.3) is 5.56 Å². The van der Waals surface area contributed by atoms with Crippen LogP contribution in [0.1, 0.15) is 16.0 Å². The highest BCUT2D eigenvalue weighted by atomic mass is 35.5. The molecule has 0 spiro atoms. The van der Waals surface area contributed by atoms with Crippen LogP contribution in [0.4, 0.5) is 4.39 Å². The van der Waals surface area contributed by atoms with Crippen LogP contribution in [0.5, 0.6) is 0 Å². The molecule has 0 saturated carbocycles. The van der Waals surface area contributed by atoms with Crippen LogP contribution in [-0.2, 0) is 6.54 Å². The molecule has 8 heteroatoms. The van der Waals surface area contributed by atoms with E-state index >= 15 is 0 Å². The second kappa shape index (κ2) is 7.44. The van der Waals surface area contributed by atoms with Crippen molar-refractivity contribution < 1.29 is 4.39 Å². The molecule has 0 unspecified atom stereocenters. The highest BCUT2D eigenvalue weighted by Crippen LogP contribution is 2.28. The summed E-state index contributed by atoms with van der Waals surface area (Å²) in [6, 6.07) is 10.6. The maximum Gasteiger partial charge on any atom is 0.337 e. The van der Waals surface area contributed by atoms with E-state index in [4.69, 9.17) is 23.2 Å². The summed E-state index contributed by atoms with van der Waals surface area (Å²) >= 11 is 13.5. The number of nitrogens with zero attached hydrogens (tertiary/aromatic N) is 2. The molecule has 0 atom stereocenters. The average Bonchev–Trinajstić information content (AvgIpc) is 2.97. The van der Waals surface area contributed by atoms with Crippen molar-refractivity contribution in [3.8, 4) is 5.69 Å². The Morgan fingerprint density at radius 3 is 2.48 bits per heavy atom. The lowest BCUT2D eigenvalue weighted by Crippen LogP contribution is -2.38. The number of rotatable bonds is 3. The summed E-state index contributed by atoms with van der Waals surface area (Å²) in [4.78, 5) is 28.1. The SMILES string of the molecule is Cc1sc2c(c1C)c(=O)n(-c1ccc(Cl)c(Cl)c1)c(=O)n2Cc1cccc(F)c1. The molecule has 0 amide bonds. The van der Waals surface area contributed by atoms with Crippen molar-refractivity contribution in [2.24, 2.45) is 0 Å². The van der Waals surface area contributed by atoms with Crippen LogP contribution in [-0.4, -0.2) is 9.13 Å². The van der Waals surface area contributed by atoms with Gasteiger partial charge in [-0.15, -0.1) is 11.3 Å². The summed E-state index contributed by atoms with van der Waals surface area (Å²) in [6.45, 7) is 3.89. The van der Waals surface area contributed by atoms with Gasteiger partial charge in [-0.05, 0) is 55.3 Å². The molecule has 2 aromatic heterocycles. The van der Waals surface area contributed by atoms with Gasteiger partial charge < -0.3 is 0 Å². The zero-order valence-corrected chi connectivity index (χ0v) is 17.8. The van der Waals surface area contributed by atoms with Crippen LogP contribution in [0.2, 0.25) is 10.0 Å². The van der Waals surface area contributed by atoms with E-state index in [9.17, 15) is 14.0 Å². The molecular weight excluding hydrogens is 434 g/mol. The molecule has 0 N–H and O–H groups in total. The third-order valence-electron chi connectivity index (χ3n) is 4.84. The van der Waals surface area contributed by atoms with Gasteiger partial charge in [0.05, 0.1) is 27.7 Å². The molecule has 0 bridgehead atoms. The fourth-order valence-corrected chi connectivity index (χ4v) is 4.70. The van der Waals surface area contributed by atoms with Gasteiger partial charge in [0.1, 0.15) is 10.6 Å². The van der Waals surface area contributed by atoms with E-state index in [1.54, 1.807) is 18.2 Å². The molecular formula is C21H15Cl2FN2O2S. The van der Waals surface area contributed by atoms with Gasteiger partial charge in [-0.25, -0.2) is 13.8 Å². The summed E-state index contributed by atoms with van der Waals surface area (Å²) in [7, 11) is 0. The highest BCUT2D eigenvalue weighted by Gasteiger charge is 2.20. The van der Waals surface area contributed by atoms with E-state index in [0.717, 1.165) is 15.0 Å². The molecule has 0 aliphatic rings. The molecule has 0 saturated heterocycles. The van der Waals surface area contributed by atoms with Crippen LogP contribution < -0.4 is 11.2 Å². The molecule has 0 aliphatic carbocycles. The first-order valence-electron chi connectivity index (χ1n) is 8.73. The van der Waals surface area contributed by atoms with Crippen molar-refractivity contribution in [1.82, 2.24) is 9.13 Å². The van der Waals surface area contributed by atoms with Crippen molar-refractivity contribution in [2.45, 2.75) is 20.4 Å². The Hall–Kier alpha value is -2.41. The zero-order chi connectivity index (χ0) is 20.9. The third-order valence-corrected chi connectivity index (χ3v) is 6.81. The van der Waals surface area contributed by atoms with E-state index in [-0.39, 0.29) is 17.4 Å². The molecule has 4 nitrogen and oxygen atoms in total. The van der Waals surface area contributed by atoms with Gasteiger partial charge >= 0.3 is 5.69 Å². The largest absolute Gasteiger partial charge is 0.337 e. The number of fused-ring (bicyclic) bond motifs is 1. The van der Waals surface area contributed by atoms with Crippen LogP contribution in [0.15, 0.2) is 52.1 Å². The van der Waals surface area contributed by atoms with Gasteiger partial charge in [-0.3, -0.25) is 9.36 Å². The first-order chi connectivity index (χ1) is 13.8. The number of hydrogen-bond donors (Lipinski definition) is 0. The van der Waals surface area contributed by atoms with Crippen molar-refractivity contribution in [3.63, 3.8) is 0 Å². The average molecular weight is 449 g/mol. The van der Waals surface area contributed by atoms with Crippen molar-refractivity contribution in [2.75, 3.05) is 0 Å². The van der Waals surface area contributed by atoms with Gasteiger partial charge in [0.15, 0.2) is 0 Å². The Morgan fingerprint density at radius 2 is 1.79 bits per heavy atom. The number of aryl methyl sites for hydroxylation is 2. The van der Waals surface area contributed by atoms with Crippen molar-refractivity contribution >= 4 is 44.8 Å². The minimum Gasteiger partial charge on any atom is -0.279 e. The Kier molecular flexibility index (Phi) is 5.11. The molecule has 2 aromatic carbocycles. The van der Waals surface area contributed by atoms with E-state index < -0.39 is 11.2 Å². The van der Waals surface area contributed by atoms with Gasteiger partial charge in [-0.2, -0.15) is 0 Å². The first-order valence-corrected chi connectivity index (χ1v) is 10.3. The maximum atomic E-state index is 13.7. The molecule has 29 heavy (non-hydrogen) atoms. The van der Waals surface area contributed by atoms with E-state index in [2.05, 4.69) is 0 Å². The molecule has 148 valence electrons. The van der Waals surface area contributed by atoms with Gasteiger partial charge in [-0.1, -0.05) is 35.3 Å². The predicted octanol–water partition coefficient (Wildman–Crippen LogP) is 5.32. The summed E-state index contributed by atoms with van der Waals surface area (Å²) in [5.41, 5.74) is 0.827. The highest BCUT2D eigenvalue weighted by molar-refractivity contribution is 7.18. The van der Waals surface area contributed by atoms with Crippen LogP contribution in [0.3, 0.4) is 0 Å². The summed E-state index contributed by atoms with van der Waals surface area (Å²) in [6.07, 6.45) is 0. The second-order valence-electron chi connectivity index (χ2n) is 6.70. The first kappa shape index (κ1) is 19.9. The number of benzene rings is 2. The van der Waals surface area contributed by atoms with Crippen molar-refractivity contribution in [3.05, 3.63) is 95.2 Å². The fraction of sp³-hybridized carbons (Fsp3) is 0.143. The minimum atomic E-state index is -0.522. The van der Waals surface area contributed by atoms with Gasteiger partial charge in [0, 0.05) is 4.88 Å². The van der Waals surface area contributed by atoms with E-state index in [1.807, 2.05) is 13.8 Å². The standard InChI is InChI=1S/C21H15Cl2FN2O2S/c1-11-12(2)29-20-18(11)19(27)26(15-6-7-16(22)17(23)9-15)21(28)25(20)10-13-4-3-5-14(24)8-13/h3-9H,10H2,1-2H3. The quantitative estimate of drug-likeness (QED) is 0.425. The van der Waals surface area contributed by atoms with Gasteiger partial charge in [0.2, 0.25) is 0 Å². The Bertz CT molecular complexity index is 1390. The number of halogens is 3. The maximum absolute atomic E-state index is 13.7. The Morgan fingerprint density at radius 1 is 1.03 bits per heavy atom. The normalized spacial score (nSPS) is 11.3. The summed E-state index contributed by atoms with van der Waals surface area (Å²) in [5, 5.41) is 1.03. The number of thiophene rings is 1. The zero-order valence-electron chi connectivity index (χ0n) is 15.5.